The summed E-state index contributed by atoms with van der Waals surface area (Å²) in [6.07, 6.45) is 4.88. The minimum Gasteiger partial charge on any atom is -0.506 e. The van der Waals surface area contributed by atoms with Crippen LogP contribution in [0, 0.1) is 13.8 Å². The van der Waals surface area contributed by atoms with Crippen molar-refractivity contribution >= 4 is 50.4 Å². The van der Waals surface area contributed by atoms with Gasteiger partial charge in [-0.1, -0.05) is 0 Å². The van der Waals surface area contributed by atoms with Gasteiger partial charge in [-0.05, 0) is 42.5 Å². The van der Waals surface area contributed by atoms with Crippen LogP contribution in [0.5, 0.6) is 5.75 Å². The average Bonchev–Trinajstić information content (AvgIpc) is 2.98. The summed E-state index contributed by atoms with van der Waals surface area (Å²) in [6, 6.07) is 5.40. The Kier molecular flexibility index (Phi) is 3.44. The van der Waals surface area contributed by atoms with Gasteiger partial charge in [0.05, 0.1) is 5.52 Å². The number of carboxylic acids is 1. The largest absolute Gasteiger partial charge is 0.506 e. The Morgan fingerprint density at radius 1 is 1.15 bits per heavy atom. The summed E-state index contributed by atoms with van der Waals surface area (Å²) in [5.41, 5.74) is 4.20. The number of aliphatic carboxylic acids is 1. The maximum absolute atomic E-state index is 10.9. The van der Waals surface area contributed by atoms with Gasteiger partial charge in [0.1, 0.15) is 24.7 Å². The number of hydrogen-bond donors (Lipinski definition) is 3. The van der Waals surface area contributed by atoms with Crippen molar-refractivity contribution in [3.63, 3.8) is 0 Å². The predicted octanol–water partition coefficient (Wildman–Crippen LogP) is 3.41. The van der Waals surface area contributed by atoms with Crippen LogP contribution in [0.2, 0.25) is 0 Å². The molecule has 0 saturated carbocycles. The molecular formula is C20H18N3O3+. The van der Waals surface area contributed by atoms with E-state index in [1.165, 1.54) is 6.07 Å². The van der Waals surface area contributed by atoms with Gasteiger partial charge in [-0.15, -0.1) is 0 Å². The van der Waals surface area contributed by atoms with Gasteiger partial charge in [0.15, 0.2) is 12.4 Å². The molecule has 3 N–H and O–H groups in total. The minimum atomic E-state index is -1.16. The molecule has 0 unspecified atom stereocenters. The number of phenols is 1. The monoisotopic (exact) mass is 348 g/mol. The first-order chi connectivity index (χ1) is 12.4. The second kappa shape index (κ2) is 5.56. The Bertz CT molecular complexity index is 1250. The zero-order valence-corrected chi connectivity index (χ0v) is 14.7. The third-order valence-electron chi connectivity index (χ3n) is 4.88. The molecule has 4 rings (SSSR count). The van der Waals surface area contributed by atoms with E-state index in [2.05, 4.69) is 29.2 Å². The van der Waals surface area contributed by atoms with Crippen molar-refractivity contribution in [3.8, 4) is 5.75 Å². The maximum atomic E-state index is 10.9. The average molecular weight is 348 g/mol. The lowest BCUT2D eigenvalue weighted by Gasteiger charge is -2.08. The topological polar surface area (TPSA) is 89.6 Å². The van der Waals surface area contributed by atoms with Gasteiger partial charge in [0.25, 0.3) is 0 Å². The SMILES string of the molecule is Cc1c2cc[n+](C)cc2c(C)c2c1[nH]c1ccc(O)c(N=CC(=O)O)c12. The Hall–Kier alpha value is -3.41. The third-order valence-corrected chi connectivity index (χ3v) is 4.88. The molecule has 26 heavy (non-hydrogen) atoms. The Morgan fingerprint density at radius 3 is 2.65 bits per heavy atom. The molecule has 0 aliphatic rings. The van der Waals surface area contributed by atoms with Gasteiger partial charge >= 0.3 is 5.97 Å². The molecule has 0 fully saturated rings. The first kappa shape index (κ1) is 16.1. The van der Waals surface area contributed by atoms with Crippen molar-refractivity contribution in [2.75, 3.05) is 0 Å². The molecule has 6 heteroatoms. The number of nitrogens with one attached hydrogen (secondary N) is 1. The zero-order chi connectivity index (χ0) is 18.6. The molecule has 2 aromatic carbocycles. The lowest BCUT2D eigenvalue weighted by Crippen LogP contribution is -2.26. The number of carboxylic acid groups (broad SMARTS) is 1. The molecule has 2 aromatic heterocycles. The van der Waals surface area contributed by atoms with E-state index in [0.29, 0.717) is 0 Å². The Balaban J connectivity index is 2.25. The lowest BCUT2D eigenvalue weighted by molar-refractivity contribution is -0.670. The number of fused-ring (bicyclic) bond motifs is 4. The fourth-order valence-electron chi connectivity index (χ4n) is 3.66. The second-order valence-electron chi connectivity index (χ2n) is 6.51. The van der Waals surface area contributed by atoms with Crippen LogP contribution in [0.25, 0.3) is 32.6 Å². The summed E-state index contributed by atoms with van der Waals surface area (Å²) in [5, 5.41) is 23.2. The van der Waals surface area contributed by atoms with E-state index in [1.807, 2.05) is 24.7 Å². The first-order valence-electron chi connectivity index (χ1n) is 8.21. The van der Waals surface area contributed by atoms with Crippen LogP contribution in [0.3, 0.4) is 0 Å². The van der Waals surface area contributed by atoms with Gasteiger partial charge < -0.3 is 15.2 Å². The smallest absolute Gasteiger partial charge is 0.346 e. The zero-order valence-electron chi connectivity index (χ0n) is 14.7. The van der Waals surface area contributed by atoms with Crippen molar-refractivity contribution in [2.45, 2.75) is 13.8 Å². The summed E-state index contributed by atoms with van der Waals surface area (Å²) in [5.74, 6) is -1.21. The number of carbonyl (C=O) groups is 1. The van der Waals surface area contributed by atoms with Crippen molar-refractivity contribution < 1.29 is 19.6 Å². The number of aryl methyl sites for hydroxylation is 3. The molecule has 0 aliphatic heterocycles. The van der Waals surface area contributed by atoms with E-state index in [-0.39, 0.29) is 11.4 Å². The number of aromatic amines is 1. The molecule has 0 atom stereocenters. The van der Waals surface area contributed by atoms with Crippen LogP contribution in [-0.2, 0) is 11.8 Å². The lowest BCUT2D eigenvalue weighted by atomic mass is 9.96. The number of aliphatic imine (C=N–C) groups is 1. The number of aromatic hydroxyl groups is 1. The van der Waals surface area contributed by atoms with Crippen LogP contribution in [0.4, 0.5) is 5.69 Å². The molecule has 4 aromatic rings. The summed E-state index contributed by atoms with van der Waals surface area (Å²) in [6.45, 7) is 4.09. The highest BCUT2D eigenvalue weighted by Gasteiger charge is 2.19. The Morgan fingerprint density at radius 2 is 1.92 bits per heavy atom. The number of benzene rings is 2. The molecule has 0 aliphatic carbocycles. The summed E-state index contributed by atoms with van der Waals surface area (Å²) in [4.78, 5) is 18.3. The van der Waals surface area contributed by atoms with E-state index < -0.39 is 5.97 Å². The van der Waals surface area contributed by atoms with Crippen molar-refractivity contribution in [2.24, 2.45) is 12.0 Å². The fraction of sp³-hybridized carbons (Fsp3) is 0.150. The van der Waals surface area contributed by atoms with Gasteiger partial charge in [0.2, 0.25) is 0 Å². The normalized spacial score (nSPS) is 12.0. The van der Waals surface area contributed by atoms with E-state index in [9.17, 15) is 9.90 Å². The first-order valence-corrected chi connectivity index (χ1v) is 8.21. The van der Waals surface area contributed by atoms with Crippen molar-refractivity contribution in [1.82, 2.24) is 4.98 Å². The summed E-state index contributed by atoms with van der Waals surface area (Å²) < 4.78 is 2.00. The standard InChI is InChI=1S/C20H17N3O3/c1-10-13-9-23(3)7-6-12(13)11(2)19-17(10)18-14(22-19)4-5-15(24)20(18)21-8-16(25)26/h4-9H,1-3H3,(H2,24,25,26)/p+1. The highest BCUT2D eigenvalue weighted by atomic mass is 16.4. The molecule has 2 heterocycles. The number of H-pyrrole nitrogens is 1. The van der Waals surface area contributed by atoms with Crippen LogP contribution in [-0.4, -0.2) is 27.4 Å². The van der Waals surface area contributed by atoms with Crippen molar-refractivity contribution in [3.05, 3.63) is 41.7 Å². The molecule has 0 bridgehead atoms. The number of pyridine rings is 1. The number of hydrogen-bond acceptors (Lipinski definition) is 3. The molecule has 0 radical (unpaired) electrons. The number of rotatable bonds is 2. The van der Waals surface area contributed by atoms with Crippen LogP contribution < -0.4 is 4.57 Å². The van der Waals surface area contributed by atoms with Crippen LogP contribution in [0.1, 0.15) is 11.1 Å². The quantitative estimate of drug-likeness (QED) is 0.383. The molecule has 0 spiro atoms. The molecule has 0 saturated heterocycles. The highest BCUT2D eigenvalue weighted by Crippen LogP contribution is 2.43. The Labute approximate surface area is 149 Å². The third kappa shape index (κ3) is 2.23. The predicted molar refractivity (Wildman–Crippen MR) is 101 cm³/mol. The van der Waals surface area contributed by atoms with E-state index in [4.69, 9.17) is 5.11 Å². The summed E-state index contributed by atoms with van der Waals surface area (Å²) >= 11 is 0. The number of aromatic nitrogens is 2. The fourth-order valence-corrected chi connectivity index (χ4v) is 3.66. The summed E-state index contributed by atoms with van der Waals surface area (Å²) in [7, 11) is 1.97. The molecule has 6 nitrogen and oxygen atoms in total. The van der Waals surface area contributed by atoms with Gasteiger partial charge in [-0.2, -0.15) is 0 Å². The van der Waals surface area contributed by atoms with Gasteiger partial charge in [-0.3, -0.25) is 0 Å². The molecule has 130 valence electrons. The number of nitrogens with zero attached hydrogens (tertiary/aromatic N) is 2. The van der Waals surface area contributed by atoms with Gasteiger partial charge in [-0.25, -0.2) is 14.4 Å². The van der Waals surface area contributed by atoms with E-state index in [1.54, 1.807) is 6.07 Å². The van der Waals surface area contributed by atoms with E-state index in [0.717, 1.165) is 49.9 Å². The molecule has 0 amide bonds. The van der Waals surface area contributed by atoms with E-state index >= 15 is 0 Å². The minimum absolute atomic E-state index is 0.0494. The molecular weight excluding hydrogens is 330 g/mol. The second-order valence-corrected chi connectivity index (χ2v) is 6.51. The van der Waals surface area contributed by atoms with Crippen molar-refractivity contribution in [1.29, 1.82) is 0 Å². The highest BCUT2D eigenvalue weighted by molar-refractivity contribution is 6.25. The number of phenolic OH excluding ortho intramolecular Hbond substituents is 1. The maximum Gasteiger partial charge on any atom is 0.346 e. The van der Waals surface area contributed by atoms with Gasteiger partial charge in [0, 0.05) is 27.7 Å². The van der Waals surface area contributed by atoms with Crippen LogP contribution in [0.15, 0.2) is 35.6 Å². The van der Waals surface area contributed by atoms with Crippen LogP contribution >= 0.6 is 0 Å².